The lowest BCUT2D eigenvalue weighted by atomic mass is 10.2. The molecule has 0 unspecified atom stereocenters. The van der Waals surface area contributed by atoms with E-state index in [4.69, 9.17) is 16.9 Å². The summed E-state index contributed by atoms with van der Waals surface area (Å²) in [6.07, 6.45) is 0. The van der Waals surface area contributed by atoms with Gasteiger partial charge in [0, 0.05) is 16.6 Å². The molecular weight excluding hydrogens is 331 g/mol. The summed E-state index contributed by atoms with van der Waals surface area (Å²) in [7, 11) is 0. The minimum atomic E-state index is -0.297. The van der Waals surface area contributed by atoms with Crippen LogP contribution in [0.5, 0.6) is 0 Å². The molecule has 2 aromatic rings. The number of nitriles is 1. The largest absolute Gasteiger partial charge is 0.380 e. The third-order valence-corrected chi connectivity index (χ3v) is 3.40. The Labute approximate surface area is 123 Å². The molecule has 0 saturated carbocycles. The Morgan fingerprint density at radius 2 is 2.05 bits per heavy atom. The zero-order valence-electron chi connectivity index (χ0n) is 9.75. The lowest BCUT2D eigenvalue weighted by molar-refractivity contribution is 0.612. The van der Waals surface area contributed by atoms with Crippen LogP contribution in [0, 0.1) is 17.1 Å². The van der Waals surface area contributed by atoms with Crippen molar-refractivity contribution in [3.63, 3.8) is 0 Å². The highest BCUT2D eigenvalue weighted by atomic mass is 79.9. The second-order valence-corrected chi connectivity index (χ2v) is 5.22. The van der Waals surface area contributed by atoms with Crippen LogP contribution in [0.4, 0.5) is 10.1 Å². The van der Waals surface area contributed by atoms with Gasteiger partial charge in [-0.2, -0.15) is 5.26 Å². The van der Waals surface area contributed by atoms with Crippen molar-refractivity contribution in [1.82, 2.24) is 0 Å². The molecule has 2 rings (SSSR count). The van der Waals surface area contributed by atoms with Crippen LogP contribution in [0.3, 0.4) is 0 Å². The summed E-state index contributed by atoms with van der Waals surface area (Å²) >= 11 is 9.22. The highest BCUT2D eigenvalue weighted by Gasteiger charge is 2.05. The van der Waals surface area contributed by atoms with E-state index in [1.807, 2.05) is 6.07 Å². The SMILES string of the molecule is N#Cc1ccc(Cl)c(NCc2ccc(Br)cc2F)c1. The first-order valence-corrected chi connectivity index (χ1v) is 6.64. The number of anilines is 1. The fourth-order valence-electron chi connectivity index (χ4n) is 1.59. The minimum Gasteiger partial charge on any atom is -0.380 e. The summed E-state index contributed by atoms with van der Waals surface area (Å²) in [5.41, 5.74) is 1.65. The molecule has 0 aliphatic heterocycles. The van der Waals surface area contributed by atoms with E-state index >= 15 is 0 Å². The molecule has 96 valence electrons. The summed E-state index contributed by atoms with van der Waals surface area (Å²) in [5, 5.41) is 12.3. The van der Waals surface area contributed by atoms with Gasteiger partial charge in [0.25, 0.3) is 0 Å². The highest BCUT2D eigenvalue weighted by molar-refractivity contribution is 9.10. The van der Waals surface area contributed by atoms with Gasteiger partial charge < -0.3 is 5.32 Å². The first-order chi connectivity index (χ1) is 9.10. The van der Waals surface area contributed by atoms with Crippen molar-refractivity contribution in [2.45, 2.75) is 6.54 Å². The molecule has 0 bridgehead atoms. The van der Waals surface area contributed by atoms with E-state index in [2.05, 4.69) is 21.2 Å². The van der Waals surface area contributed by atoms with Crippen molar-refractivity contribution in [3.8, 4) is 6.07 Å². The van der Waals surface area contributed by atoms with Crippen LogP contribution in [0.1, 0.15) is 11.1 Å². The summed E-state index contributed by atoms with van der Waals surface area (Å²) in [4.78, 5) is 0. The maximum absolute atomic E-state index is 13.6. The molecule has 5 heteroatoms. The van der Waals surface area contributed by atoms with Gasteiger partial charge >= 0.3 is 0 Å². The second-order valence-electron chi connectivity index (χ2n) is 3.90. The van der Waals surface area contributed by atoms with Crippen molar-refractivity contribution in [1.29, 1.82) is 5.26 Å². The fourth-order valence-corrected chi connectivity index (χ4v) is 2.10. The number of hydrogen-bond acceptors (Lipinski definition) is 2. The Morgan fingerprint density at radius 1 is 1.26 bits per heavy atom. The van der Waals surface area contributed by atoms with E-state index in [0.29, 0.717) is 32.9 Å². The molecule has 0 saturated heterocycles. The molecule has 0 radical (unpaired) electrons. The molecule has 0 atom stereocenters. The van der Waals surface area contributed by atoms with E-state index in [1.165, 1.54) is 6.07 Å². The normalized spacial score (nSPS) is 10.0. The first-order valence-electron chi connectivity index (χ1n) is 5.47. The molecule has 2 nitrogen and oxygen atoms in total. The Bertz CT molecular complexity index is 652. The molecule has 2 aromatic carbocycles. The van der Waals surface area contributed by atoms with Crippen LogP contribution in [0.2, 0.25) is 5.02 Å². The third kappa shape index (κ3) is 3.46. The van der Waals surface area contributed by atoms with Crippen LogP contribution in [-0.4, -0.2) is 0 Å². The monoisotopic (exact) mass is 338 g/mol. The predicted octanol–water partition coefficient (Wildman–Crippen LogP) is 4.73. The van der Waals surface area contributed by atoms with Gasteiger partial charge in [-0.25, -0.2) is 4.39 Å². The third-order valence-electron chi connectivity index (χ3n) is 2.58. The standard InChI is InChI=1S/C14H9BrClFN2/c15-11-3-2-10(13(17)6-11)8-19-14-5-9(7-18)1-4-12(14)16/h1-6,19H,8H2. The van der Waals surface area contributed by atoms with Gasteiger partial charge in [-0.15, -0.1) is 0 Å². The van der Waals surface area contributed by atoms with Gasteiger partial charge in [-0.05, 0) is 30.3 Å². The number of halogens is 3. The van der Waals surface area contributed by atoms with Gasteiger partial charge in [0.1, 0.15) is 5.82 Å². The van der Waals surface area contributed by atoms with Crippen molar-refractivity contribution in [3.05, 3.63) is 62.8 Å². The molecule has 0 aliphatic rings. The zero-order chi connectivity index (χ0) is 13.8. The zero-order valence-corrected chi connectivity index (χ0v) is 12.1. The van der Waals surface area contributed by atoms with E-state index < -0.39 is 0 Å². The molecule has 0 spiro atoms. The predicted molar refractivity (Wildman–Crippen MR) is 77.6 cm³/mol. The molecular formula is C14H9BrClFN2. The molecule has 0 aromatic heterocycles. The van der Waals surface area contributed by atoms with Gasteiger partial charge in [0.05, 0.1) is 22.3 Å². The Balaban J connectivity index is 2.16. The molecule has 0 aliphatic carbocycles. The average Bonchev–Trinajstić information content (AvgIpc) is 2.39. The van der Waals surface area contributed by atoms with Crippen molar-refractivity contribution in [2.24, 2.45) is 0 Å². The van der Waals surface area contributed by atoms with Crippen molar-refractivity contribution >= 4 is 33.2 Å². The molecule has 0 heterocycles. The van der Waals surface area contributed by atoms with Crippen LogP contribution < -0.4 is 5.32 Å². The Hall–Kier alpha value is -1.57. The lowest BCUT2D eigenvalue weighted by Gasteiger charge is -2.09. The Morgan fingerprint density at radius 3 is 2.74 bits per heavy atom. The fraction of sp³-hybridized carbons (Fsp3) is 0.0714. The van der Waals surface area contributed by atoms with E-state index in [1.54, 1.807) is 30.3 Å². The minimum absolute atomic E-state index is 0.297. The number of nitrogens with zero attached hydrogens (tertiary/aromatic N) is 1. The summed E-state index contributed by atoms with van der Waals surface area (Å²) in [5.74, 6) is -0.297. The van der Waals surface area contributed by atoms with Gasteiger partial charge in [-0.3, -0.25) is 0 Å². The topological polar surface area (TPSA) is 35.8 Å². The number of benzene rings is 2. The van der Waals surface area contributed by atoms with Gasteiger partial charge in [0.15, 0.2) is 0 Å². The quantitative estimate of drug-likeness (QED) is 0.878. The van der Waals surface area contributed by atoms with Gasteiger partial charge in [0.2, 0.25) is 0 Å². The summed E-state index contributed by atoms with van der Waals surface area (Å²) < 4.78 is 14.3. The van der Waals surface area contributed by atoms with Crippen LogP contribution in [0.25, 0.3) is 0 Å². The van der Waals surface area contributed by atoms with Gasteiger partial charge in [-0.1, -0.05) is 33.6 Å². The van der Waals surface area contributed by atoms with Crippen molar-refractivity contribution in [2.75, 3.05) is 5.32 Å². The summed E-state index contributed by atoms with van der Waals surface area (Å²) in [6.45, 7) is 0.299. The van der Waals surface area contributed by atoms with E-state index in [0.717, 1.165) is 0 Å². The summed E-state index contributed by atoms with van der Waals surface area (Å²) in [6, 6.07) is 11.8. The van der Waals surface area contributed by atoms with Crippen LogP contribution in [-0.2, 0) is 6.54 Å². The Kier molecular flexibility index (Phi) is 4.41. The average molecular weight is 340 g/mol. The second kappa shape index (κ2) is 6.05. The van der Waals surface area contributed by atoms with E-state index in [-0.39, 0.29) is 5.82 Å². The first kappa shape index (κ1) is 13.9. The molecule has 0 fully saturated rings. The molecule has 1 N–H and O–H groups in total. The van der Waals surface area contributed by atoms with Crippen molar-refractivity contribution < 1.29 is 4.39 Å². The number of rotatable bonds is 3. The molecule has 0 amide bonds. The lowest BCUT2D eigenvalue weighted by Crippen LogP contribution is -2.02. The number of hydrogen-bond donors (Lipinski definition) is 1. The van der Waals surface area contributed by atoms with E-state index in [9.17, 15) is 4.39 Å². The number of nitrogens with one attached hydrogen (secondary N) is 1. The highest BCUT2D eigenvalue weighted by Crippen LogP contribution is 2.24. The maximum Gasteiger partial charge on any atom is 0.129 e. The molecule has 19 heavy (non-hydrogen) atoms. The maximum atomic E-state index is 13.6. The van der Waals surface area contributed by atoms with Crippen LogP contribution >= 0.6 is 27.5 Å². The van der Waals surface area contributed by atoms with Crippen LogP contribution in [0.15, 0.2) is 40.9 Å². The smallest absolute Gasteiger partial charge is 0.129 e.